The van der Waals surface area contributed by atoms with Crippen molar-refractivity contribution in [2.75, 3.05) is 0 Å². The van der Waals surface area contributed by atoms with E-state index >= 15 is 0 Å². The molecule has 110 valence electrons. The Labute approximate surface area is 121 Å². The summed E-state index contributed by atoms with van der Waals surface area (Å²) >= 11 is 0. The molecule has 1 aromatic rings. The van der Waals surface area contributed by atoms with Crippen LogP contribution in [0.25, 0.3) is 0 Å². The molecule has 0 saturated heterocycles. The maximum atomic E-state index is 11.7. The first-order valence-electron chi connectivity index (χ1n) is 7.63. The van der Waals surface area contributed by atoms with Crippen LogP contribution >= 0.6 is 0 Å². The second-order valence-electron chi connectivity index (χ2n) is 6.03. The number of carboxylic acids is 1. The Morgan fingerprint density at radius 2 is 1.95 bits per heavy atom. The second kappa shape index (κ2) is 6.40. The summed E-state index contributed by atoms with van der Waals surface area (Å²) in [5.41, 5.74) is 0.621. The van der Waals surface area contributed by atoms with Crippen molar-refractivity contribution in [1.82, 2.24) is 5.32 Å². The highest BCUT2D eigenvalue weighted by Crippen LogP contribution is 2.38. The molecule has 0 aliphatic heterocycles. The summed E-state index contributed by atoms with van der Waals surface area (Å²) in [6, 6.07) is 10.7. The molecular formula is C17H25NO2. The van der Waals surface area contributed by atoms with E-state index in [9.17, 15) is 9.90 Å². The maximum absolute atomic E-state index is 11.7. The fourth-order valence-electron chi connectivity index (χ4n) is 3.16. The quantitative estimate of drug-likeness (QED) is 0.864. The second-order valence-corrected chi connectivity index (χ2v) is 6.03. The van der Waals surface area contributed by atoms with Gasteiger partial charge in [0.15, 0.2) is 0 Å². The SMILES string of the molecule is CCC(C)NC1(C(=O)O)CCC(c2ccccc2)CC1. The summed E-state index contributed by atoms with van der Waals surface area (Å²) in [6.07, 6.45) is 4.27. The fraction of sp³-hybridized carbons (Fsp3) is 0.588. The van der Waals surface area contributed by atoms with Crippen molar-refractivity contribution in [3.8, 4) is 0 Å². The molecule has 0 bridgehead atoms. The first-order valence-corrected chi connectivity index (χ1v) is 7.63. The molecule has 1 unspecified atom stereocenters. The van der Waals surface area contributed by atoms with Crippen LogP contribution in [0.15, 0.2) is 30.3 Å². The Hall–Kier alpha value is -1.35. The third-order valence-electron chi connectivity index (χ3n) is 4.65. The lowest BCUT2D eigenvalue weighted by Gasteiger charge is -2.39. The van der Waals surface area contributed by atoms with Gasteiger partial charge in [0, 0.05) is 6.04 Å². The van der Waals surface area contributed by atoms with Crippen LogP contribution in [0.5, 0.6) is 0 Å². The Morgan fingerprint density at radius 3 is 2.45 bits per heavy atom. The molecule has 3 heteroatoms. The first kappa shape index (κ1) is 15.0. The van der Waals surface area contributed by atoms with Gasteiger partial charge >= 0.3 is 5.97 Å². The molecule has 1 saturated carbocycles. The van der Waals surface area contributed by atoms with Crippen LogP contribution < -0.4 is 5.32 Å². The minimum absolute atomic E-state index is 0.249. The number of hydrogen-bond acceptors (Lipinski definition) is 2. The molecule has 3 nitrogen and oxygen atoms in total. The van der Waals surface area contributed by atoms with Gasteiger partial charge in [0.25, 0.3) is 0 Å². The molecule has 1 aliphatic rings. The highest BCUT2D eigenvalue weighted by Gasteiger charge is 2.42. The molecule has 1 atom stereocenters. The largest absolute Gasteiger partial charge is 0.480 e. The monoisotopic (exact) mass is 275 g/mol. The van der Waals surface area contributed by atoms with E-state index in [1.807, 2.05) is 6.07 Å². The summed E-state index contributed by atoms with van der Waals surface area (Å²) in [7, 11) is 0. The van der Waals surface area contributed by atoms with Crippen LogP contribution in [0.1, 0.15) is 57.4 Å². The molecule has 20 heavy (non-hydrogen) atoms. The van der Waals surface area contributed by atoms with Gasteiger partial charge in [-0.05, 0) is 50.5 Å². The molecule has 0 amide bonds. The van der Waals surface area contributed by atoms with Crippen LogP contribution in [0, 0.1) is 0 Å². The van der Waals surface area contributed by atoms with Gasteiger partial charge in [-0.2, -0.15) is 0 Å². The summed E-state index contributed by atoms with van der Waals surface area (Å²) in [5.74, 6) is -0.188. The molecule has 2 rings (SSSR count). The smallest absolute Gasteiger partial charge is 0.323 e. The Bertz CT molecular complexity index is 436. The van der Waals surface area contributed by atoms with Gasteiger partial charge in [-0.15, -0.1) is 0 Å². The summed E-state index contributed by atoms with van der Waals surface area (Å²) in [5, 5.41) is 13.0. The lowest BCUT2D eigenvalue weighted by molar-refractivity contribution is -0.147. The van der Waals surface area contributed by atoms with E-state index in [1.54, 1.807) is 0 Å². The Morgan fingerprint density at radius 1 is 1.35 bits per heavy atom. The number of rotatable bonds is 5. The molecule has 0 heterocycles. The molecule has 0 spiro atoms. The summed E-state index contributed by atoms with van der Waals surface area (Å²) < 4.78 is 0. The zero-order valence-corrected chi connectivity index (χ0v) is 12.4. The fourth-order valence-corrected chi connectivity index (χ4v) is 3.16. The Balaban J connectivity index is 2.05. The van der Waals surface area contributed by atoms with E-state index in [0.29, 0.717) is 18.8 Å². The van der Waals surface area contributed by atoms with Crippen molar-refractivity contribution < 1.29 is 9.90 Å². The van der Waals surface area contributed by atoms with Gasteiger partial charge < -0.3 is 5.11 Å². The van der Waals surface area contributed by atoms with Crippen LogP contribution in [0.3, 0.4) is 0 Å². The number of hydrogen-bond donors (Lipinski definition) is 2. The number of carbonyl (C=O) groups is 1. The van der Waals surface area contributed by atoms with Gasteiger partial charge in [-0.1, -0.05) is 37.3 Å². The number of benzene rings is 1. The lowest BCUT2D eigenvalue weighted by atomic mass is 9.73. The van der Waals surface area contributed by atoms with Crippen LogP contribution in [0.4, 0.5) is 0 Å². The first-order chi connectivity index (χ1) is 9.57. The van der Waals surface area contributed by atoms with Crippen molar-refractivity contribution in [2.45, 2.75) is 63.5 Å². The van der Waals surface area contributed by atoms with Gasteiger partial charge in [-0.25, -0.2) is 0 Å². The van der Waals surface area contributed by atoms with Crippen LogP contribution in [0.2, 0.25) is 0 Å². The molecule has 1 aliphatic carbocycles. The average molecular weight is 275 g/mol. The minimum Gasteiger partial charge on any atom is -0.480 e. The molecule has 2 N–H and O–H groups in total. The molecule has 1 fully saturated rings. The van der Waals surface area contributed by atoms with E-state index in [0.717, 1.165) is 19.3 Å². The highest BCUT2D eigenvalue weighted by molar-refractivity contribution is 5.79. The third-order valence-corrected chi connectivity index (χ3v) is 4.65. The van der Waals surface area contributed by atoms with Crippen molar-refractivity contribution in [2.24, 2.45) is 0 Å². The van der Waals surface area contributed by atoms with Crippen molar-refractivity contribution in [3.63, 3.8) is 0 Å². The van der Waals surface area contributed by atoms with E-state index in [1.165, 1.54) is 5.56 Å². The summed E-state index contributed by atoms with van der Waals surface area (Å²) in [4.78, 5) is 11.7. The number of carboxylic acid groups (broad SMARTS) is 1. The van der Waals surface area contributed by atoms with E-state index in [2.05, 4.69) is 43.4 Å². The van der Waals surface area contributed by atoms with Crippen molar-refractivity contribution in [1.29, 1.82) is 0 Å². The van der Waals surface area contributed by atoms with Crippen LogP contribution in [-0.2, 0) is 4.79 Å². The van der Waals surface area contributed by atoms with Crippen LogP contribution in [-0.4, -0.2) is 22.7 Å². The number of nitrogens with one attached hydrogen (secondary N) is 1. The third kappa shape index (κ3) is 3.21. The lowest BCUT2D eigenvalue weighted by Crippen LogP contribution is -2.56. The predicted molar refractivity (Wildman–Crippen MR) is 80.9 cm³/mol. The predicted octanol–water partition coefficient (Wildman–Crippen LogP) is 3.56. The van der Waals surface area contributed by atoms with Gasteiger partial charge in [0.1, 0.15) is 5.54 Å². The van der Waals surface area contributed by atoms with Crippen molar-refractivity contribution in [3.05, 3.63) is 35.9 Å². The maximum Gasteiger partial charge on any atom is 0.323 e. The standard InChI is InChI=1S/C17H25NO2/c1-3-13(2)18-17(16(19)20)11-9-15(10-12-17)14-7-5-4-6-8-14/h4-8,13,15,18H,3,9-12H2,1-2H3,(H,19,20). The number of aliphatic carboxylic acids is 1. The summed E-state index contributed by atoms with van der Waals surface area (Å²) in [6.45, 7) is 4.15. The zero-order chi connectivity index (χ0) is 14.6. The molecule has 0 radical (unpaired) electrons. The molecular weight excluding hydrogens is 250 g/mol. The Kier molecular flexibility index (Phi) is 4.81. The normalized spacial score (nSPS) is 28.0. The van der Waals surface area contributed by atoms with Gasteiger partial charge in [0.2, 0.25) is 0 Å². The highest BCUT2D eigenvalue weighted by atomic mass is 16.4. The van der Waals surface area contributed by atoms with E-state index in [4.69, 9.17) is 0 Å². The zero-order valence-electron chi connectivity index (χ0n) is 12.4. The molecule has 0 aromatic heterocycles. The average Bonchev–Trinajstić information content (AvgIpc) is 2.48. The minimum atomic E-state index is -0.722. The topological polar surface area (TPSA) is 49.3 Å². The van der Waals surface area contributed by atoms with Gasteiger partial charge in [-0.3, -0.25) is 10.1 Å². The van der Waals surface area contributed by atoms with E-state index in [-0.39, 0.29) is 6.04 Å². The molecule has 1 aromatic carbocycles. The van der Waals surface area contributed by atoms with E-state index < -0.39 is 11.5 Å². The van der Waals surface area contributed by atoms with Crippen molar-refractivity contribution >= 4 is 5.97 Å². The van der Waals surface area contributed by atoms with Gasteiger partial charge in [0.05, 0.1) is 0 Å².